The molecular weight excluding hydrogens is 298 g/mol. The Kier molecular flexibility index (Phi) is 5.00. The van der Waals surface area contributed by atoms with Crippen LogP contribution in [0.5, 0.6) is 5.75 Å². The van der Waals surface area contributed by atoms with Gasteiger partial charge in [-0.1, -0.05) is 28.1 Å². The lowest BCUT2D eigenvalue weighted by molar-refractivity contribution is -0.0771. The molecule has 1 aromatic rings. The van der Waals surface area contributed by atoms with Gasteiger partial charge in [0.1, 0.15) is 5.75 Å². The van der Waals surface area contributed by atoms with E-state index in [1.54, 1.807) is 7.11 Å². The second kappa shape index (κ2) is 6.52. The van der Waals surface area contributed by atoms with Gasteiger partial charge < -0.3 is 14.2 Å². The third kappa shape index (κ3) is 3.45. The first kappa shape index (κ1) is 13.8. The Labute approximate surface area is 116 Å². The first-order chi connectivity index (χ1) is 8.78. The first-order valence-corrected chi connectivity index (χ1v) is 6.99. The largest absolute Gasteiger partial charge is 0.497 e. The monoisotopic (exact) mass is 315 g/mol. The lowest BCUT2D eigenvalue weighted by Crippen LogP contribution is -2.62. The number of hydrogen-bond donors (Lipinski definition) is 1. The highest BCUT2D eigenvalue weighted by molar-refractivity contribution is 9.09. The van der Waals surface area contributed by atoms with Gasteiger partial charge >= 0.3 is 0 Å². The van der Waals surface area contributed by atoms with Crippen molar-refractivity contribution in [1.82, 2.24) is 5.32 Å². The number of methoxy groups -OCH3 is 1. The molecule has 100 valence electrons. The van der Waals surface area contributed by atoms with E-state index in [2.05, 4.69) is 21.2 Å². The van der Waals surface area contributed by atoms with Crippen molar-refractivity contribution in [3.05, 3.63) is 29.8 Å². The van der Waals surface area contributed by atoms with Crippen molar-refractivity contribution in [2.75, 3.05) is 32.4 Å². The van der Waals surface area contributed by atoms with Crippen molar-refractivity contribution < 1.29 is 14.2 Å². The lowest BCUT2D eigenvalue weighted by Gasteiger charge is -2.40. The van der Waals surface area contributed by atoms with E-state index in [-0.39, 0.29) is 5.54 Å². The van der Waals surface area contributed by atoms with Gasteiger partial charge in [0, 0.05) is 5.33 Å². The molecule has 5 heteroatoms. The smallest absolute Gasteiger partial charge is 0.118 e. The number of benzene rings is 1. The van der Waals surface area contributed by atoms with Crippen LogP contribution >= 0.6 is 15.9 Å². The van der Waals surface area contributed by atoms with Gasteiger partial charge in [-0.15, -0.1) is 0 Å². The molecule has 0 spiro atoms. The fourth-order valence-corrected chi connectivity index (χ4v) is 2.19. The van der Waals surface area contributed by atoms with Crippen LogP contribution in [0.3, 0.4) is 0 Å². The van der Waals surface area contributed by atoms with E-state index in [0.29, 0.717) is 13.3 Å². The van der Waals surface area contributed by atoms with E-state index in [0.717, 1.165) is 29.9 Å². The first-order valence-electron chi connectivity index (χ1n) is 5.87. The third-order valence-electron chi connectivity index (χ3n) is 2.99. The average Bonchev–Trinajstić information content (AvgIpc) is 2.38. The summed E-state index contributed by atoms with van der Waals surface area (Å²) in [4.78, 5) is 0. The van der Waals surface area contributed by atoms with Crippen LogP contribution in [0.4, 0.5) is 0 Å². The summed E-state index contributed by atoms with van der Waals surface area (Å²) >= 11 is 3.48. The van der Waals surface area contributed by atoms with E-state index in [4.69, 9.17) is 14.2 Å². The van der Waals surface area contributed by atoms with Crippen molar-refractivity contribution in [2.45, 2.75) is 12.1 Å². The van der Waals surface area contributed by atoms with Gasteiger partial charge in [0.25, 0.3) is 0 Å². The fraction of sp³-hybridized carbons (Fsp3) is 0.538. The van der Waals surface area contributed by atoms with Crippen molar-refractivity contribution in [3.8, 4) is 5.75 Å². The second-order valence-corrected chi connectivity index (χ2v) is 4.99. The molecule has 0 amide bonds. The van der Waals surface area contributed by atoms with Gasteiger partial charge in [0.15, 0.2) is 0 Å². The topological polar surface area (TPSA) is 39.7 Å². The predicted molar refractivity (Wildman–Crippen MR) is 73.1 cm³/mol. The van der Waals surface area contributed by atoms with Crippen molar-refractivity contribution in [3.63, 3.8) is 0 Å². The number of hydrogen-bond acceptors (Lipinski definition) is 4. The SMILES string of the molecule is COc1ccc(COCNC2(CBr)COC2)cc1. The van der Waals surface area contributed by atoms with Gasteiger partial charge in [0.2, 0.25) is 0 Å². The Morgan fingerprint density at radius 1 is 1.33 bits per heavy atom. The highest BCUT2D eigenvalue weighted by Crippen LogP contribution is 2.19. The summed E-state index contributed by atoms with van der Waals surface area (Å²) in [6.07, 6.45) is 0. The Hall–Kier alpha value is -0.620. The summed E-state index contributed by atoms with van der Waals surface area (Å²) in [5.41, 5.74) is 1.19. The van der Waals surface area contributed by atoms with Crippen LogP contribution in [0, 0.1) is 0 Å². The van der Waals surface area contributed by atoms with Crippen LogP contribution in [-0.2, 0) is 16.1 Å². The summed E-state index contributed by atoms with van der Waals surface area (Å²) in [6, 6.07) is 7.88. The lowest BCUT2D eigenvalue weighted by atomic mass is 10.0. The van der Waals surface area contributed by atoms with Crippen LogP contribution in [0.2, 0.25) is 0 Å². The van der Waals surface area contributed by atoms with Gasteiger partial charge in [-0.25, -0.2) is 0 Å². The molecule has 1 aliphatic heterocycles. The van der Waals surface area contributed by atoms with Crippen LogP contribution < -0.4 is 10.1 Å². The quantitative estimate of drug-likeness (QED) is 0.474. The molecule has 0 aliphatic carbocycles. The Bertz CT molecular complexity index is 359. The maximum Gasteiger partial charge on any atom is 0.118 e. The molecule has 4 nitrogen and oxygen atoms in total. The molecule has 1 fully saturated rings. The van der Waals surface area contributed by atoms with E-state index in [1.807, 2.05) is 24.3 Å². The number of nitrogens with one attached hydrogen (secondary N) is 1. The zero-order valence-corrected chi connectivity index (χ0v) is 12.0. The van der Waals surface area contributed by atoms with Crippen LogP contribution in [0.25, 0.3) is 0 Å². The number of alkyl halides is 1. The number of ether oxygens (including phenoxy) is 3. The fourth-order valence-electron chi connectivity index (χ4n) is 1.67. The molecule has 1 heterocycles. The minimum Gasteiger partial charge on any atom is -0.497 e. The molecule has 0 bridgehead atoms. The third-order valence-corrected chi connectivity index (χ3v) is 4.06. The molecule has 1 aromatic carbocycles. The normalized spacial score (nSPS) is 17.2. The minimum absolute atomic E-state index is 0.0555. The van der Waals surface area contributed by atoms with E-state index in [9.17, 15) is 0 Å². The number of rotatable bonds is 7. The number of halogens is 1. The highest BCUT2D eigenvalue weighted by atomic mass is 79.9. The summed E-state index contributed by atoms with van der Waals surface area (Å²) in [6.45, 7) is 2.60. The van der Waals surface area contributed by atoms with Gasteiger partial charge in [-0.2, -0.15) is 0 Å². The molecule has 1 saturated heterocycles. The Morgan fingerprint density at radius 2 is 2.06 bits per heavy atom. The van der Waals surface area contributed by atoms with E-state index >= 15 is 0 Å². The van der Waals surface area contributed by atoms with Crippen LogP contribution in [0.15, 0.2) is 24.3 Å². The average molecular weight is 316 g/mol. The molecule has 0 unspecified atom stereocenters. The molecule has 2 rings (SSSR count). The molecule has 0 atom stereocenters. The van der Waals surface area contributed by atoms with Crippen molar-refractivity contribution in [2.24, 2.45) is 0 Å². The molecule has 1 aliphatic rings. The zero-order valence-electron chi connectivity index (χ0n) is 10.4. The Morgan fingerprint density at radius 3 is 2.56 bits per heavy atom. The summed E-state index contributed by atoms with van der Waals surface area (Å²) in [7, 11) is 1.66. The second-order valence-electron chi connectivity index (χ2n) is 4.42. The van der Waals surface area contributed by atoms with Gasteiger partial charge in [0.05, 0.1) is 39.2 Å². The van der Waals surface area contributed by atoms with Crippen molar-refractivity contribution in [1.29, 1.82) is 0 Å². The maximum atomic E-state index is 5.60. The van der Waals surface area contributed by atoms with Crippen molar-refractivity contribution >= 4 is 15.9 Å². The van der Waals surface area contributed by atoms with E-state index in [1.165, 1.54) is 0 Å². The van der Waals surface area contributed by atoms with Crippen LogP contribution in [0.1, 0.15) is 5.56 Å². The summed E-state index contributed by atoms with van der Waals surface area (Å²) in [5, 5.41) is 4.24. The van der Waals surface area contributed by atoms with E-state index < -0.39 is 0 Å². The predicted octanol–water partition coefficient (Wildman–Crippen LogP) is 1.92. The van der Waals surface area contributed by atoms with Gasteiger partial charge in [-0.05, 0) is 17.7 Å². The highest BCUT2D eigenvalue weighted by Gasteiger charge is 2.36. The van der Waals surface area contributed by atoms with Crippen LogP contribution in [-0.4, -0.2) is 37.9 Å². The Balaban J connectivity index is 1.68. The molecule has 1 N–H and O–H groups in total. The molecular formula is C13H18BrNO3. The molecule has 18 heavy (non-hydrogen) atoms. The maximum absolute atomic E-state index is 5.60. The summed E-state index contributed by atoms with van der Waals surface area (Å²) < 4.78 is 15.9. The minimum atomic E-state index is 0.0555. The standard InChI is InChI=1S/C13H18BrNO3/c1-16-12-4-2-11(3-5-12)6-17-10-15-13(7-14)8-18-9-13/h2-5,15H,6-10H2,1H3. The molecule has 0 radical (unpaired) electrons. The zero-order chi connectivity index (χ0) is 12.8. The summed E-state index contributed by atoms with van der Waals surface area (Å²) in [5.74, 6) is 0.863. The molecule has 0 aromatic heterocycles. The molecule has 0 saturated carbocycles. The van der Waals surface area contributed by atoms with Gasteiger partial charge in [-0.3, -0.25) is 5.32 Å².